The van der Waals surface area contributed by atoms with E-state index in [1.165, 1.54) is 11.8 Å². The lowest BCUT2D eigenvalue weighted by molar-refractivity contribution is -0.119. The molecule has 0 bridgehead atoms. The minimum atomic E-state index is -0.617. The zero-order chi connectivity index (χ0) is 20.9. The van der Waals surface area contributed by atoms with Crippen molar-refractivity contribution in [1.29, 1.82) is 0 Å². The quantitative estimate of drug-likeness (QED) is 0.540. The molecular weight excluding hydrogens is 404 g/mol. The van der Waals surface area contributed by atoms with Gasteiger partial charge in [-0.3, -0.25) is 10.1 Å². The molecule has 3 amide bonds. The molecule has 3 N–H and O–H groups in total. The first-order valence-corrected chi connectivity index (χ1v) is 10.2. The number of imidazole rings is 1. The van der Waals surface area contributed by atoms with Crippen LogP contribution in [0.3, 0.4) is 0 Å². The number of hydrogen-bond donors (Lipinski definition) is 3. The monoisotopic (exact) mass is 424 g/mol. The number of ether oxygens (including phenoxy) is 2. The summed E-state index contributed by atoms with van der Waals surface area (Å²) in [6.07, 6.45) is 1.72. The molecule has 1 aliphatic heterocycles. The Bertz CT molecular complexity index is 1050. The second-order valence-electron chi connectivity index (χ2n) is 6.53. The van der Waals surface area contributed by atoms with Gasteiger partial charge in [0.15, 0.2) is 16.7 Å². The number of carbonyl (C=O) groups is 2. The van der Waals surface area contributed by atoms with Crippen LogP contribution in [0.15, 0.2) is 59.9 Å². The van der Waals surface area contributed by atoms with Crippen LogP contribution < -0.4 is 20.1 Å². The lowest BCUT2D eigenvalue weighted by Crippen LogP contribution is -2.38. The number of aromatic nitrogens is 2. The van der Waals surface area contributed by atoms with Gasteiger partial charge in [-0.1, -0.05) is 42.1 Å². The minimum Gasteiger partial charge on any atom is -0.486 e. The Labute approximate surface area is 177 Å². The molecule has 4 rings (SSSR count). The molecule has 0 unspecified atom stereocenters. The number of imide groups is 1. The van der Waals surface area contributed by atoms with Gasteiger partial charge in [-0.2, -0.15) is 0 Å². The summed E-state index contributed by atoms with van der Waals surface area (Å²) in [6, 6.07) is 14.2. The topological polar surface area (TPSA) is 105 Å². The molecule has 1 atom stereocenters. The Hall–Kier alpha value is -3.46. The van der Waals surface area contributed by atoms with Gasteiger partial charge < -0.3 is 19.8 Å². The third kappa shape index (κ3) is 4.74. The van der Waals surface area contributed by atoms with Crippen molar-refractivity contribution >= 4 is 29.4 Å². The predicted molar refractivity (Wildman–Crippen MR) is 114 cm³/mol. The fraction of sp³-hybridized carbons (Fsp3) is 0.190. The van der Waals surface area contributed by atoms with Gasteiger partial charge in [0.1, 0.15) is 13.2 Å². The van der Waals surface area contributed by atoms with Gasteiger partial charge >= 0.3 is 6.03 Å². The molecule has 1 aromatic heterocycles. The van der Waals surface area contributed by atoms with Gasteiger partial charge in [0.2, 0.25) is 5.91 Å². The van der Waals surface area contributed by atoms with Crippen LogP contribution in [0.5, 0.6) is 11.5 Å². The zero-order valence-electron chi connectivity index (χ0n) is 16.2. The summed E-state index contributed by atoms with van der Waals surface area (Å²) in [4.78, 5) is 32.1. The maximum Gasteiger partial charge on any atom is 0.325 e. The maximum atomic E-state index is 12.4. The summed E-state index contributed by atoms with van der Waals surface area (Å²) in [5.74, 6) is 0.760. The van der Waals surface area contributed by atoms with Crippen LogP contribution in [-0.4, -0.2) is 40.4 Å². The van der Waals surface area contributed by atoms with Crippen LogP contribution in [0.1, 0.15) is 6.92 Å². The number of amides is 3. The molecule has 0 saturated carbocycles. The standard InChI is InChI=1S/C21H20N4O4S/c1-13(30-21-22-12-16(24-21)14-5-3-2-4-6-14)19(26)25-20(27)23-15-7-8-17-18(11-15)29-10-9-28-17/h2-8,11-13H,9-10H2,1H3,(H,22,24)(H2,23,25,26,27)/t13-/m1/s1. The van der Waals surface area contributed by atoms with E-state index in [9.17, 15) is 9.59 Å². The molecule has 0 saturated heterocycles. The average Bonchev–Trinajstić information content (AvgIpc) is 3.22. The highest BCUT2D eigenvalue weighted by atomic mass is 32.2. The number of benzene rings is 2. The first-order chi connectivity index (χ1) is 14.6. The number of hydrogen-bond acceptors (Lipinski definition) is 6. The minimum absolute atomic E-state index is 0.423. The second kappa shape index (κ2) is 8.91. The first kappa shape index (κ1) is 19.8. The number of aromatic amines is 1. The fourth-order valence-corrected chi connectivity index (χ4v) is 3.63. The van der Waals surface area contributed by atoms with Crippen molar-refractivity contribution in [2.75, 3.05) is 18.5 Å². The van der Waals surface area contributed by atoms with Gasteiger partial charge in [0, 0.05) is 11.8 Å². The molecule has 1 aliphatic rings. The van der Waals surface area contributed by atoms with E-state index in [0.717, 1.165) is 11.3 Å². The Balaban J connectivity index is 1.31. The first-order valence-electron chi connectivity index (χ1n) is 9.37. The van der Waals surface area contributed by atoms with Crippen molar-refractivity contribution in [2.45, 2.75) is 17.3 Å². The highest BCUT2D eigenvalue weighted by Gasteiger charge is 2.19. The van der Waals surface area contributed by atoms with E-state index < -0.39 is 17.2 Å². The Kier molecular flexibility index (Phi) is 5.89. The fourth-order valence-electron chi connectivity index (χ4n) is 2.85. The van der Waals surface area contributed by atoms with Crippen LogP contribution in [0.4, 0.5) is 10.5 Å². The number of nitrogens with zero attached hydrogens (tertiary/aromatic N) is 1. The van der Waals surface area contributed by atoms with Crippen LogP contribution in [-0.2, 0) is 4.79 Å². The predicted octanol–water partition coefficient (Wildman–Crippen LogP) is 3.68. The van der Waals surface area contributed by atoms with Gasteiger partial charge in [-0.15, -0.1) is 0 Å². The van der Waals surface area contributed by atoms with Gasteiger partial charge in [0.25, 0.3) is 0 Å². The van der Waals surface area contributed by atoms with E-state index in [1.807, 2.05) is 30.3 Å². The van der Waals surface area contributed by atoms with Crippen molar-refractivity contribution in [1.82, 2.24) is 15.3 Å². The molecular formula is C21H20N4O4S. The summed E-state index contributed by atoms with van der Waals surface area (Å²) < 4.78 is 10.9. The lowest BCUT2D eigenvalue weighted by atomic mass is 10.2. The molecule has 3 aromatic rings. The molecule has 0 radical (unpaired) electrons. The number of rotatable bonds is 5. The molecule has 0 fully saturated rings. The van der Waals surface area contributed by atoms with Crippen LogP contribution in [0, 0.1) is 0 Å². The summed E-state index contributed by atoms with van der Waals surface area (Å²) in [5.41, 5.74) is 2.37. The van der Waals surface area contributed by atoms with Crippen molar-refractivity contribution in [3.63, 3.8) is 0 Å². The van der Waals surface area contributed by atoms with Gasteiger partial charge in [0.05, 0.1) is 17.1 Å². The normalized spacial score (nSPS) is 13.4. The maximum absolute atomic E-state index is 12.4. The van der Waals surface area contributed by atoms with Crippen molar-refractivity contribution in [2.24, 2.45) is 0 Å². The van der Waals surface area contributed by atoms with Crippen LogP contribution >= 0.6 is 11.8 Å². The van der Waals surface area contributed by atoms with Gasteiger partial charge in [-0.05, 0) is 24.6 Å². The third-order valence-corrected chi connectivity index (χ3v) is 5.33. The Morgan fingerprint density at radius 3 is 2.67 bits per heavy atom. The molecule has 154 valence electrons. The number of carbonyl (C=O) groups excluding carboxylic acids is 2. The number of nitrogens with one attached hydrogen (secondary N) is 3. The molecule has 9 heteroatoms. The highest BCUT2D eigenvalue weighted by molar-refractivity contribution is 8.00. The summed E-state index contributed by atoms with van der Waals surface area (Å²) >= 11 is 1.24. The van der Waals surface area contributed by atoms with Crippen molar-refractivity contribution in [3.8, 4) is 22.8 Å². The molecule has 0 aliphatic carbocycles. The Morgan fingerprint density at radius 1 is 1.10 bits per heavy atom. The number of urea groups is 1. The van der Waals surface area contributed by atoms with Crippen LogP contribution in [0.2, 0.25) is 0 Å². The number of H-pyrrole nitrogens is 1. The molecule has 8 nitrogen and oxygen atoms in total. The van der Waals surface area contributed by atoms with E-state index in [0.29, 0.717) is 35.6 Å². The summed E-state index contributed by atoms with van der Waals surface area (Å²) in [6.45, 7) is 2.66. The summed E-state index contributed by atoms with van der Waals surface area (Å²) in [5, 5.41) is 5.05. The summed E-state index contributed by atoms with van der Waals surface area (Å²) in [7, 11) is 0. The number of thioether (sulfide) groups is 1. The van der Waals surface area contributed by atoms with E-state index in [1.54, 1.807) is 31.3 Å². The molecule has 2 heterocycles. The molecule has 30 heavy (non-hydrogen) atoms. The van der Waals surface area contributed by atoms with Crippen LogP contribution in [0.25, 0.3) is 11.3 Å². The zero-order valence-corrected chi connectivity index (χ0v) is 17.0. The number of anilines is 1. The lowest BCUT2D eigenvalue weighted by Gasteiger charge is -2.19. The SMILES string of the molecule is C[C@@H](Sc1ncc(-c2ccccc2)[nH]1)C(=O)NC(=O)Nc1ccc2c(c1)OCCO2. The van der Waals surface area contributed by atoms with E-state index >= 15 is 0 Å². The highest BCUT2D eigenvalue weighted by Crippen LogP contribution is 2.32. The van der Waals surface area contributed by atoms with Gasteiger partial charge in [-0.25, -0.2) is 9.78 Å². The van der Waals surface area contributed by atoms with E-state index in [-0.39, 0.29) is 0 Å². The second-order valence-corrected chi connectivity index (χ2v) is 7.86. The van der Waals surface area contributed by atoms with E-state index in [4.69, 9.17) is 9.47 Å². The number of fused-ring (bicyclic) bond motifs is 1. The van der Waals surface area contributed by atoms with Crippen molar-refractivity contribution < 1.29 is 19.1 Å². The average molecular weight is 424 g/mol. The van der Waals surface area contributed by atoms with Crippen molar-refractivity contribution in [3.05, 3.63) is 54.7 Å². The Morgan fingerprint density at radius 2 is 1.87 bits per heavy atom. The molecule has 2 aromatic carbocycles. The van der Waals surface area contributed by atoms with E-state index in [2.05, 4.69) is 20.6 Å². The third-order valence-electron chi connectivity index (χ3n) is 4.33. The molecule has 0 spiro atoms. The largest absolute Gasteiger partial charge is 0.486 e. The smallest absolute Gasteiger partial charge is 0.325 e.